The van der Waals surface area contributed by atoms with Crippen LogP contribution in [0.2, 0.25) is 0 Å². The van der Waals surface area contributed by atoms with Crippen molar-refractivity contribution in [3.63, 3.8) is 0 Å². The van der Waals surface area contributed by atoms with E-state index in [2.05, 4.69) is 18.8 Å². The zero-order valence-electron chi connectivity index (χ0n) is 19.9. The molecule has 0 aliphatic rings. The van der Waals surface area contributed by atoms with Crippen molar-refractivity contribution >= 4 is 49.1 Å². The van der Waals surface area contributed by atoms with E-state index in [1.807, 2.05) is 4.90 Å². The number of amides is 1. The molecule has 0 aliphatic heterocycles. The van der Waals surface area contributed by atoms with Gasteiger partial charge in [-0.2, -0.15) is 0 Å². The second-order valence-corrected chi connectivity index (χ2v) is 7.92. The van der Waals surface area contributed by atoms with Crippen LogP contribution in [0.3, 0.4) is 0 Å². The lowest BCUT2D eigenvalue weighted by Crippen LogP contribution is -2.44. The minimum absolute atomic E-state index is 0. The minimum atomic E-state index is -0.450. The van der Waals surface area contributed by atoms with Crippen LogP contribution in [0.25, 0.3) is 0 Å². The number of guanidine groups is 1. The number of carbonyl (C=O) groups is 1. The van der Waals surface area contributed by atoms with Crippen molar-refractivity contribution in [1.29, 1.82) is 0 Å². The van der Waals surface area contributed by atoms with Crippen molar-refractivity contribution in [3.8, 4) is 0 Å². The second-order valence-electron chi connectivity index (χ2n) is 7.92. The average Bonchev–Trinajstić information content (AvgIpc) is 2.68. The van der Waals surface area contributed by atoms with Crippen LogP contribution in [-0.4, -0.2) is 42.4 Å². The minimum Gasteiger partial charge on any atom is -0.370 e. The molecular formula is C22H50Cl3N5O. The Morgan fingerprint density at radius 3 is 1.58 bits per heavy atom. The van der Waals surface area contributed by atoms with Gasteiger partial charge in [-0.15, -0.1) is 37.2 Å². The molecule has 0 rings (SSSR count). The fraction of sp³-hybridized carbons (Fsp3) is 0.909. The van der Waals surface area contributed by atoms with E-state index in [0.29, 0.717) is 13.0 Å². The van der Waals surface area contributed by atoms with Crippen LogP contribution in [0.5, 0.6) is 0 Å². The van der Waals surface area contributed by atoms with Crippen LogP contribution < -0.4 is 17.2 Å². The summed E-state index contributed by atoms with van der Waals surface area (Å²) in [5.41, 5.74) is 16.8. The first-order valence-corrected chi connectivity index (χ1v) is 11.6. The smallest absolute Gasteiger partial charge is 0.239 e. The third-order valence-electron chi connectivity index (χ3n) is 5.16. The molecule has 0 fully saturated rings. The summed E-state index contributed by atoms with van der Waals surface area (Å²) in [4.78, 5) is 18.8. The van der Waals surface area contributed by atoms with Gasteiger partial charge in [-0.25, -0.2) is 0 Å². The van der Waals surface area contributed by atoms with Gasteiger partial charge in [0.2, 0.25) is 5.91 Å². The number of carbonyl (C=O) groups excluding carboxylic acids is 1. The Balaban J connectivity index is -0.00000121. The van der Waals surface area contributed by atoms with Gasteiger partial charge in [-0.05, 0) is 25.7 Å². The number of nitrogens with zero attached hydrogens (tertiary/aromatic N) is 2. The Bertz CT molecular complexity index is 395. The Hall–Kier alpha value is -0.430. The summed E-state index contributed by atoms with van der Waals surface area (Å²) in [6.07, 6.45) is 16.1. The fourth-order valence-corrected chi connectivity index (χ4v) is 3.38. The molecule has 0 radical (unpaired) electrons. The van der Waals surface area contributed by atoms with Gasteiger partial charge in [0.25, 0.3) is 0 Å². The predicted octanol–water partition coefficient (Wildman–Crippen LogP) is 5.18. The molecule has 6 nitrogen and oxygen atoms in total. The Morgan fingerprint density at radius 1 is 0.742 bits per heavy atom. The molecule has 1 amide bonds. The van der Waals surface area contributed by atoms with Crippen LogP contribution in [0, 0.1) is 0 Å². The number of nitrogens with two attached hydrogens (primary N) is 3. The SMILES string of the molecule is CCCCCCCCN(CCCCCCCC)C(=O)[C@@H](N)CCCN=C(N)N.Cl.Cl.Cl. The van der Waals surface area contributed by atoms with Crippen molar-refractivity contribution in [2.45, 2.75) is 110 Å². The molecule has 0 saturated carbocycles. The zero-order valence-corrected chi connectivity index (χ0v) is 22.3. The van der Waals surface area contributed by atoms with Gasteiger partial charge >= 0.3 is 0 Å². The van der Waals surface area contributed by atoms with E-state index in [1.54, 1.807) is 0 Å². The first-order chi connectivity index (χ1) is 13.5. The number of hydrogen-bond donors (Lipinski definition) is 3. The summed E-state index contributed by atoms with van der Waals surface area (Å²) in [6, 6.07) is -0.450. The average molecular weight is 507 g/mol. The highest BCUT2D eigenvalue weighted by Crippen LogP contribution is 2.11. The standard InChI is InChI=1S/C22H47N5O.3ClH/c1-3-5-7-9-11-13-18-27(19-14-12-10-8-6-4-2)21(28)20(23)16-15-17-26-22(24)25;;;/h20H,3-19,23H2,1-2H3,(H4,24,25,26);3*1H/t20-;;;/m0.../s1. The lowest BCUT2D eigenvalue weighted by Gasteiger charge is -2.26. The lowest BCUT2D eigenvalue weighted by atomic mass is 10.1. The van der Waals surface area contributed by atoms with Crippen LogP contribution >= 0.6 is 37.2 Å². The normalized spacial score (nSPS) is 10.8. The maximum absolute atomic E-state index is 12.8. The number of aliphatic imine (C=N–C) groups is 1. The number of hydrogen-bond acceptors (Lipinski definition) is 3. The highest BCUT2D eigenvalue weighted by atomic mass is 35.5. The van der Waals surface area contributed by atoms with Crippen LogP contribution in [0.4, 0.5) is 0 Å². The van der Waals surface area contributed by atoms with Gasteiger partial charge in [0, 0.05) is 19.6 Å². The highest BCUT2D eigenvalue weighted by molar-refractivity contribution is 5.86. The van der Waals surface area contributed by atoms with Gasteiger partial charge in [0.05, 0.1) is 6.04 Å². The van der Waals surface area contributed by atoms with Crippen LogP contribution in [0.1, 0.15) is 104 Å². The van der Waals surface area contributed by atoms with Gasteiger partial charge in [-0.1, -0.05) is 78.1 Å². The van der Waals surface area contributed by atoms with E-state index in [-0.39, 0.29) is 49.1 Å². The molecule has 9 heteroatoms. The largest absolute Gasteiger partial charge is 0.370 e. The van der Waals surface area contributed by atoms with E-state index >= 15 is 0 Å². The topological polar surface area (TPSA) is 111 Å². The molecular weight excluding hydrogens is 457 g/mol. The molecule has 0 heterocycles. The van der Waals surface area contributed by atoms with Crippen molar-refractivity contribution in [1.82, 2.24) is 4.90 Å². The summed E-state index contributed by atoms with van der Waals surface area (Å²) in [6.45, 7) is 6.66. The predicted molar refractivity (Wildman–Crippen MR) is 143 cm³/mol. The summed E-state index contributed by atoms with van der Waals surface area (Å²) < 4.78 is 0. The van der Waals surface area contributed by atoms with Gasteiger partial charge in [0.15, 0.2) is 5.96 Å². The number of rotatable bonds is 19. The maximum Gasteiger partial charge on any atom is 0.239 e. The van der Waals surface area contributed by atoms with E-state index in [4.69, 9.17) is 17.2 Å². The van der Waals surface area contributed by atoms with E-state index in [9.17, 15) is 4.79 Å². The summed E-state index contributed by atoms with van der Waals surface area (Å²) in [5, 5.41) is 0. The van der Waals surface area contributed by atoms with E-state index in [0.717, 1.165) is 32.4 Å². The summed E-state index contributed by atoms with van der Waals surface area (Å²) in [5.74, 6) is 0.180. The molecule has 0 aromatic heterocycles. The quantitative estimate of drug-likeness (QED) is 0.127. The monoisotopic (exact) mass is 505 g/mol. The van der Waals surface area contributed by atoms with Crippen molar-refractivity contribution in [3.05, 3.63) is 0 Å². The van der Waals surface area contributed by atoms with Crippen molar-refractivity contribution in [2.24, 2.45) is 22.2 Å². The number of halogens is 3. The molecule has 0 aromatic carbocycles. The zero-order chi connectivity index (χ0) is 21.0. The molecule has 0 aromatic rings. The Kier molecular flexibility index (Phi) is 33.7. The molecule has 6 N–H and O–H groups in total. The third kappa shape index (κ3) is 24.1. The summed E-state index contributed by atoms with van der Waals surface area (Å²) in [7, 11) is 0. The fourth-order valence-electron chi connectivity index (χ4n) is 3.38. The Labute approximate surface area is 210 Å². The van der Waals surface area contributed by atoms with Gasteiger partial charge < -0.3 is 22.1 Å². The van der Waals surface area contributed by atoms with Crippen molar-refractivity contribution in [2.75, 3.05) is 19.6 Å². The second kappa shape index (κ2) is 27.6. The van der Waals surface area contributed by atoms with Crippen molar-refractivity contribution < 1.29 is 4.79 Å². The third-order valence-corrected chi connectivity index (χ3v) is 5.16. The van der Waals surface area contributed by atoms with Crippen LogP contribution in [0.15, 0.2) is 4.99 Å². The molecule has 0 bridgehead atoms. The van der Waals surface area contributed by atoms with Gasteiger partial charge in [0.1, 0.15) is 0 Å². The first kappa shape index (κ1) is 37.9. The molecule has 0 unspecified atom stereocenters. The first-order valence-electron chi connectivity index (χ1n) is 11.6. The Morgan fingerprint density at radius 2 is 1.16 bits per heavy atom. The van der Waals surface area contributed by atoms with E-state index in [1.165, 1.54) is 64.2 Å². The van der Waals surface area contributed by atoms with Crippen LogP contribution in [-0.2, 0) is 4.79 Å². The molecule has 190 valence electrons. The maximum atomic E-state index is 12.8. The summed E-state index contributed by atoms with van der Waals surface area (Å²) >= 11 is 0. The molecule has 1 atom stereocenters. The molecule has 0 spiro atoms. The number of unbranched alkanes of at least 4 members (excludes halogenated alkanes) is 10. The lowest BCUT2D eigenvalue weighted by molar-refractivity contribution is -0.133. The van der Waals surface area contributed by atoms with Gasteiger partial charge in [-0.3, -0.25) is 9.79 Å². The molecule has 0 aliphatic carbocycles. The molecule has 31 heavy (non-hydrogen) atoms. The van der Waals surface area contributed by atoms with E-state index < -0.39 is 6.04 Å². The highest BCUT2D eigenvalue weighted by Gasteiger charge is 2.20. The molecule has 0 saturated heterocycles.